The molecule has 1 aliphatic heterocycles. The normalized spacial score (nSPS) is 25.1. The molecule has 1 heterocycles. The fourth-order valence-corrected chi connectivity index (χ4v) is 2.53. The summed E-state index contributed by atoms with van der Waals surface area (Å²) in [6.45, 7) is 4.29. The van der Waals surface area contributed by atoms with E-state index in [0.29, 0.717) is 6.54 Å². The van der Waals surface area contributed by atoms with Crippen LogP contribution in [-0.4, -0.2) is 31.1 Å². The predicted octanol–water partition coefficient (Wildman–Crippen LogP) is 2.23. The Balaban J connectivity index is 0.000000283. The number of hydrogen-bond donors (Lipinski definition) is 1. The Kier molecular flexibility index (Phi) is 10.2. The van der Waals surface area contributed by atoms with Gasteiger partial charge in [-0.15, -0.1) is 0 Å². The molecule has 0 aromatic carbocycles. The van der Waals surface area contributed by atoms with Gasteiger partial charge in [0.1, 0.15) is 0 Å². The molecule has 0 spiro atoms. The molecule has 0 aromatic rings. The molecule has 1 saturated heterocycles. The topological polar surface area (TPSA) is 29.3 Å². The maximum atomic E-state index is 5.68. The van der Waals surface area contributed by atoms with E-state index in [1.165, 1.54) is 44.2 Å². The first-order valence-corrected chi connectivity index (χ1v) is 7.22. The third-order valence-corrected chi connectivity index (χ3v) is 3.63. The number of hydrogen-bond acceptors (Lipinski definition) is 2. The van der Waals surface area contributed by atoms with Crippen LogP contribution in [0, 0.1) is 63.2 Å². The van der Waals surface area contributed by atoms with E-state index < -0.39 is 0 Å². The first kappa shape index (κ1) is 18.5. The van der Waals surface area contributed by atoms with Gasteiger partial charge < -0.3 is 10.6 Å². The van der Waals surface area contributed by atoms with Crippen LogP contribution in [0.3, 0.4) is 0 Å². The summed E-state index contributed by atoms with van der Waals surface area (Å²) in [6, 6.07) is 0. The van der Waals surface area contributed by atoms with E-state index in [1.807, 2.05) is 32.1 Å². The Bertz CT molecular complexity index is 217. The molecule has 10 radical (unpaired) electrons. The second-order valence-electron chi connectivity index (χ2n) is 5.08. The molecule has 2 saturated carbocycles. The van der Waals surface area contributed by atoms with Crippen LogP contribution in [-0.2, 0) is 17.1 Å². The molecular formula is C17H24FeN2+2. The first-order chi connectivity index (χ1) is 9.40. The van der Waals surface area contributed by atoms with E-state index in [4.69, 9.17) is 5.73 Å². The van der Waals surface area contributed by atoms with Crippen molar-refractivity contribution in [3.63, 3.8) is 0 Å². The Labute approximate surface area is 136 Å². The molecule has 0 amide bonds. The van der Waals surface area contributed by atoms with Crippen LogP contribution in [0.15, 0.2) is 0 Å². The van der Waals surface area contributed by atoms with E-state index in [2.05, 4.69) is 24.2 Å². The van der Waals surface area contributed by atoms with Gasteiger partial charge in [-0.1, -0.05) is 6.42 Å². The van der Waals surface area contributed by atoms with Crippen molar-refractivity contribution >= 4 is 0 Å². The molecule has 2 N–H and O–H groups in total. The summed E-state index contributed by atoms with van der Waals surface area (Å²) in [4.78, 5) is 2.54. The van der Waals surface area contributed by atoms with Gasteiger partial charge in [-0.25, -0.2) is 0 Å². The molecule has 3 aliphatic rings. The van der Waals surface area contributed by atoms with Gasteiger partial charge in [0, 0.05) is 18.4 Å². The fourth-order valence-electron chi connectivity index (χ4n) is 2.53. The van der Waals surface area contributed by atoms with Crippen LogP contribution in [0.25, 0.3) is 0 Å². The van der Waals surface area contributed by atoms with E-state index in [9.17, 15) is 0 Å². The van der Waals surface area contributed by atoms with Crippen molar-refractivity contribution in [1.82, 2.24) is 4.90 Å². The van der Waals surface area contributed by atoms with Gasteiger partial charge >= 0.3 is 17.1 Å². The Morgan fingerprint density at radius 3 is 1.90 bits per heavy atom. The van der Waals surface area contributed by atoms with E-state index in [1.54, 1.807) is 0 Å². The van der Waals surface area contributed by atoms with Gasteiger partial charge in [0.2, 0.25) is 0 Å². The minimum absolute atomic E-state index is 0. The second kappa shape index (κ2) is 11.1. The minimum atomic E-state index is 0. The third-order valence-electron chi connectivity index (χ3n) is 3.63. The summed E-state index contributed by atoms with van der Waals surface area (Å²) in [5.74, 6) is 2.74. The zero-order chi connectivity index (χ0) is 13.3. The van der Waals surface area contributed by atoms with Crippen molar-refractivity contribution in [3.8, 4) is 0 Å². The minimum Gasteiger partial charge on any atom is -0.330 e. The molecule has 0 unspecified atom stereocenters. The van der Waals surface area contributed by atoms with Crippen LogP contribution in [0.4, 0.5) is 0 Å². The van der Waals surface area contributed by atoms with Crippen LogP contribution < -0.4 is 5.73 Å². The third kappa shape index (κ3) is 6.47. The summed E-state index contributed by atoms with van der Waals surface area (Å²) >= 11 is 0. The summed E-state index contributed by atoms with van der Waals surface area (Å²) in [6.07, 6.45) is 20.6. The van der Waals surface area contributed by atoms with Crippen molar-refractivity contribution in [1.29, 1.82) is 0 Å². The molecule has 108 valence electrons. The Hall–Kier alpha value is 0.439. The molecule has 3 fully saturated rings. The van der Waals surface area contributed by atoms with E-state index in [0.717, 1.165) is 6.54 Å². The number of nitrogens with zero attached hydrogens (tertiary/aromatic N) is 1. The molecule has 0 bridgehead atoms. The summed E-state index contributed by atoms with van der Waals surface area (Å²) < 4.78 is 0. The van der Waals surface area contributed by atoms with Crippen molar-refractivity contribution in [2.75, 3.05) is 26.2 Å². The SMILES string of the molecule is NC[C]1[CH][CH][CH][C]1CN1CCCCC1.[CH]1[CH][CH][CH][CH]1.[Fe+2]. The molecule has 3 heteroatoms. The number of piperidine rings is 1. The average molecular weight is 312 g/mol. The molecule has 2 nitrogen and oxygen atoms in total. The molecular weight excluding hydrogens is 288 g/mol. The monoisotopic (exact) mass is 312 g/mol. The van der Waals surface area contributed by atoms with Crippen molar-refractivity contribution in [3.05, 3.63) is 63.2 Å². The van der Waals surface area contributed by atoms with Gasteiger partial charge in [-0.3, -0.25) is 0 Å². The zero-order valence-corrected chi connectivity index (χ0v) is 13.1. The van der Waals surface area contributed by atoms with E-state index >= 15 is 0 Å². The summed E-state index contributed by atoms with van der Waals surface area (Å²) in [5.41, 5.74) is 5.68. The largest absolute Gasteiger partial charge is 2.00 e. The molecule has 2 aliphatic carbocycles. The Morgan fingerprint density at radius 1 is 0.800 bits per heavy atom. The van der Waals surface area contributed by atoms with Crippen LogP contribution >= 0.6 is 0 Å². The van der Waals surface area contributed by atoms with Crippen LogP contribution in [0.1, 0.15) is 19.3 Å². The molecule has 20 heavy (non-hydrogen) atoms. The van der Waals surface area contributed by atoms with Crippen molar-refractivity contribution < 1.29 is 17.1 Å². The van der Waals surface area contributed by atoms with Gasteiger partial charge in [0.05, 0.1) is 0 Å². The molecule has 0 aromatic heterocycles. The van der Waals surface area contributed by atoms with Gasteiger partial charge in [-0.2, -0.15) is 0 Å². The number of likely N-dealkylation sites (tertiary alicyclic amines) is 1. The zero-order valence-electron chi connectivity index (χ0n) is 11.9. The quantitative estimate of drug-likeness (QED) is 0.810. The second-order valence-corrected chi connectivity index (χ2v) is 5.08. The summed E-state index contributed by atoms with van der Waals surface area (Å²) in [7, 11) is 0. The average Bonchev–Trinajstić information content (AvgIpc) is 3.14. The number of nitrogens with two attached hydrogens (primary N) is 1. The smallest absolute Gasteiger partial charge is 0.330 e. The van der Waals surface area contributed by atoms with Crippen LogP contribution in [0.2, 0.25) is 0 Å². The van der Waals surface area contributed by atoms with Gasteiger partial charge in [0.25, 0.3) is 0 Å². The van der Waals surface area contributed by atoms with Crippen LogP contribution in [0.5, 0.6) is 0 Å². The first-order valence-electron chi connectivity index (χ1n) is 7.22. The van der Waals surface area contributed by atoms with Gasteiger partial charge in [0.15, 0.2) is 0 Å². The van der Waals surface area contributed by atoms with Gasteiger partial charge in [-0.05, 0) is 83.8 Å². The van der Waals surface area contributed by atoms with E-state index in [-0.39, 0.29) is 17.1 Å². The maximum Gasteiger partial charge on any atom is 2.00 e. The van der Waals surface area contributed by atoms with Crippen molar-refractivity contribution in [2.45, 2.75) is 19.3 Å². The number of rotatable bonds is 3. The molecule has 0 atom stereocenters. The fraction of sp³-hybridized carbons (Fsp3) is 0.412. The Morgan fingerprint density at radius 2 is 1.35 bits per heavy atom. The molecule has 3 rings (SSSR count). The maximum absolute atomic E-state index is 5.68. The summed E-state index contributed by atoms with van der Waals surface area (Å²) in [5, 5.41) is 0. The standard InChI is InChI=1S/C12H19N2.C5H5.Fe/c13-9-11-5-4-6-12(11)10-14-7-2-1-3-8-14;1-2-4-5-3-1;/h4-6H,1-3,7-10,13H2;1-5H;/q;;+2. The predicted molar refractivity (Wildman–Crippen MR) is 80.2 cm³/mol. The van der Waals surface area contributed by atoms with Crippen molar-refractivity contribution in [2.24, 2.45) is 5.73 Å².